The van der Waals surface area contributed by atoms with Crippen LogP contribution in [0.5, 0.6) is 23.0 Å². The van der Waals surface area contributed by atoms with E-state index >= 15 is 0 Å². The van der Waals surface area contributed by atoms with Gasteiger partial charge in [0.15, 0.2) is 27.8 Å². The number of aromatic nitrogens is 1. The second-order valence-electron chi connectivity index (χ2n) is 8.08. The molecule has 0 radical (unpaired) electrons. The molecule has 3 aromatic rings. The van der Waals surface area contributed by atoms with Crippen LogP contribution in [0.2, 0.25) is 0 Å². The van der Waals surface area contributed by atoms with Crippen LogP contribution in [0, 0.1) is 0 Å². The van der Waals surface area contributed by atoms with Crippen molar-refractivity contribution in [1.82, 2.24) is 4.57 Å². The van der Waals surface area contributed by atoms with E-state index in [1.54, 1.807) is 44.2 Å². The number of esters is 1. The number of carbonyl (C=O) groups excluding carboxylic acids is 1. The quantitative estimate of drug-likeness (QED) is 0.510. The average molecular weight is 509 g/mol. The summed E-state index contributed by atoms with van der Waals surface area (Å²) in [7, 11) is 0. The zero-order chi connectivity index (χ0) is 25.4. The van der Waals surface area contributed by atoms with Gasteiger partial charge < -0.3 is 24.1 Å². The van der Waals surface area contributed by atoms with E-state index in [4.69, 9.17) is 18.9 Å². The lowest BCUT2D eigenvalue weighted by Gasteiger charge is -2.24. The summed E-state index contributed by atoms with van der Waals surface area (Å²) >= 11 is 1.22. The van der Waals surface area contributed by atoms with Gasteiger partial charge in [-0.05, 0) is 62.2 Å². The molecule has 0 amide bonds. The first-order chi connectivity index (χ1) is 17.4. The molecule has 2 aliphatic rings. The molecule has 1 atom stereocenters. The van der Waals surface area contributed by atoms with E-state index in [9.17, 15) is 14.7 Å². The van der Waals surface area contributed by atoms with E-state index in [-0.39, 0.29) is 30.3 Å². The van der Waals surface area contributed by atoms with Gasteiger partial charge in [-0.3, -0.25) is 9.36 Å². The second kappa shape index (κ2) is 9.54. The lowest BCUT2D eigenvalue weighted by Crippen LogP contribution is -2.39. The molecular formula is C26H24N2O7S. The number of aromatic hydroxyl groups is 1. The molecule has 36 heavy (non-hydrogen) atoms. The molecule has 0 aliphatic carbocycles. The molecule has 1 N–H and O–H groups in total. The van der Waals surface area contributed by atoms with Gasteiger partial charge in [-0.25, -0.2) is 9.79 Å². The van der Waals surface area contributed by atoms with Gasteiger partial charge in [0.25, 0.3) is 5.56 Å². The molecule has 0 saturated heterocycles. The highest BCUT2D eigenvalue weighted by atomic mass is 32.1. The van der Waals surface area contributed by atoms with Crippen LogP contribution in [0.4, 0.5) is 0 Å². The maximum atomic E-state index is 13.7. The Bertz CT molecular complexity index is 1570. The lowest BCUT2D eigenvalue weighted by molar-refractivity contribution is -0.139. The van der Waals surface area contributed by atoms with Crippen LogP contribution >= 0.6 is 11.3 Å². The summed E-state index contributed by atoms with van der Waals surface area (Å²) < 4.78 is 23.7. The number of thiazole rings is 1. The van der Waals surface area contributed by atoms with Crippen molar-refractivity contribution in [2.24, 2.45) is 4.99 Å². The zero-order valence-electron chi connectivity index (χ0n) is 19.9. The third-order valence-corrected chi connectivity index (χ3v) is 6.79. The fourth-order valence-electron chi connectivity index (χ4n) is 4.23. The van der Waals surface area contributed by atoms with E-state index in [0.29, 0.717) is 50.0 Å². The Morgan fingerprint density at radius 2 is 2.00 bits per heavy atom. The van der Waals surface area contributed by atoms with Gasteiger partial charge in [0.05, 0.1) is 35.1 Å². The Morgan fingerprint density at radius 3 is 2.78 bits per heavy atom. The Kier molecular flexibility index (Phi) is 6.27. The van der Waals surface area contributed by atoms with Crippen LogP contribution in [-0.4, -0.2) is 35.6 Å². The van der Waals surface area contributed by atoms with Crippen LogP contribution in [0.1, 0.15) is 37.9 Å². The summed E-state index contributed by atoms with van der Waals surface area (Å²) in [5, 5.41) is 10.0. The highest BCUT2D eigenvalue weighted by Gasteiger charge is 2.34. The zero-order valence-corrected chi connectivity index (χ0v) is 20.8. The number of rotatable bonds is 6. The highest BCUT2D eigenvalue weighted by Crippen LogP contribution is 2.38. The van der Waals surface area contributed by atoms with Crippen molar-refractivity contribution in [1.29, 1.82) is 0 Å². The van der Waals surface area contributed by atoms with Gasteiger partial charge >= 0.3 is 5.97 Å². The number of hydrogen-bond acceptors (Lipinski definition) is 9. The van der Waals surface area contributed by atoms with E-state index in [1.807, 2.05) is 13.0 Å². The first-order valence-corrected chi connectivity index (χ1v) is 12.3. The van der Waals surface area contributed by atoms with Crippen LogP contribution in [0.15, 0.2) is 57.5 Å². The Balaban J connectivity index is 1.69. The summed E-state index contributed by atoms with van der Waals surface area (Å²) in [5.74, 6) is 0.961. The number of fused-ring (bicyclic) bond motifs is 2. The van der Waals surface area contributed by atoms with Crippen molar-refractivity contribution in [3.05, 3.63) is 78.5 Å². The third-order valence-electron chi connectivity index (χ3n) is 5.81. The predicted molar refractivity (Wildman–Crippen MR) is 132 cm³/mol. The minimum Gasteiger partial charge on any atom is -0.504 e. The maximum absolute atomic E-state index is 13.7. The Labute approximate surface area is 210 Å². The number of ether oxygens (including phenoxy) is 4. The Hall–Kier alpha value is -4.05. The minimum absolute atomic E-state index is 0.0213. The van der Waals surface area contributed by atoms with Gasteiger partial charge in [0.2, 0.25) is 6.79 Å². The van der Waals surface area contributed by atoms with Crippen molar-refractivity contribution in [2.45, 2.75) is 26.8 Å². The molecule has 5 rings (SSSR count). The smallest absolute Gasteiger partial charge is 0.338 e. The molecule has 10 heteroatoms. The number of carbonyl (C=O) groups is 1. The van der Waals surface area contributed by atoms with E-state index in [2.05, 4.69) is 4.99 Å². The monoisotopic (exact) mass is 508 g/mol. The molecule has 1 unspecified atom stereocenters. The lowest BCUT2D eigenvalue weighted by atomic mass is 9.95. The first kappa shape index (κ1) is 23.7. The van der Waals surface area contributed by atoms with Gasteiger partial charge in [-0.15, -0.1) is 0 Å². The first-order valence-electron chi connectivity index (χ1n) is 11.5. The van der Waals surface area contributed by atoms with E-state index in [1.165, 1.54) is 22.0 Å². The molecule has 0 fully saturated rings. The van der Waals surface area contributed by atoms with Gasteiger partial charge in [0, 0.05) is 0 Å². The maximum Gasteiger partial charge on any atom is 0.338 e. The fourth-order valence-corrected chi connectivity index (χ4v) is 5.28. The summed E-state index contributed by atoms with van der Waals surface area (Å²) in [4.78, 5) is 31.8. The van der Waals surface area contributed by atoms with Crippen molar-refractivity contribution in [3.63, 3.8) is 0 Å². The largest absolute Gasteiger partial charge is 0.504 e. The van der Waals surface area contributed by atoms with Crippen LogP contribution < -0.4 is 29.1 Å². The topological polar surface area (TPSA) is 109 Å². The van der Waals surface area contributed by atoms with E-state index in [0.717, 1.165) is 0 Å². The van der Waals surface area contributed by atoms with Gasteiger partial charge in [-0.2, -0.15) is 0 Å². The number of phenols is 1. The van der Waals surface area contributed by atoms with Crippen molar-refractivity contribution >= 4 is 23.4 Å². The highest BCUT2D eigenvalue weighted by molar-refractivity contribution is 7.07. The second-order valence-corrected chi connectivity index (χ2v) is 9.08. The average Bonchev–Trinajstić information content (AvgIpc) is 3.44. The van der Waals surface area contributed by atoms with Gasteiger partial charge in [-0.1, -0.05) is 23.5 Å². The van der Waals surface area contributed by atoms with Crippen molar-refractivity contribution < 1.29 is 28.8 Å². The molecule has 2 aromatic carbocycles. The molecule has 0 saturated carbocycles. The van der Waals surface area contributed by atoms with Crippen molar-refractivity contribution in [3.8, 4) is 23.0 Å². The third kappa shape index (κ3) is 4.13. The number of benzene rings is 2. The predicted octanol–water partition coefficient (Wildman–Crippen LogP) is 2.63. The number of nitrogens with zero attached hydrogens (tertiary/aromatic N) is 2. The van der Waals surface area contributed by atoms with Crippen LogP contribution in [-0.2, 0) is 9.53 Å². The molecule has 0 spiro atoms. The summed E-state index contributed by atoms with van der Waals surface area (Å²) in [5.41, 5.74) is 1.82. The minimum atomic E-state index is -0.754. The molecule has 0 bridgehead atoms. The molecular weight excluding hydrogens is 484 g/mol. The normalized spacial score (nSPS) is 16.5. The summed E-state index contributed by atoms with van der Waals surface area (Å²) in [6.07, 6.45) is 1.71. The molecule has 3 heterocycles. The fraction of sp³-hybridized carbons (Fsp3) is 0.269. The SMILES string of the molecule is CCOC(=O)C1=C(C)N=c2sc(=Cc3ccc(O)c(OCC)c3)c(=O)n2C1c1ccc2c(c1)OCO2. The molecule has 186 valence electrons. The number of phenolic OH excluding ortho intramolecular Hbond substituents is 1. The number of hydrogen-bond donors (Lipinski definition) is 1. The van der Waals surface area contributed by atoms with Crippen LogP contribution in [0.25, 0.3) is 6.08 Å². The molecule has 2 aliphatic heterocycles. The standard InChI is InChI=1S/C26H24N2O7S/c1-4-32-19-10-15(6-8-17(19)29)11-21-24(30)28-23(16-7-9-18-20(12-16)35-13-34-18)22(25(31)33-5-2)14(3)27-26(28)36-21/h6-12,23,29H,4-5,13H2,1-3H3. The summed E-state index contributed by atoms with van der Waals surface area (Å²) in [6, 6.07) is 9.47. The molecule has 1 aromatic heterocycles. The van der Waals surface area contributed by atoms with Gasteiger partial charge in [0.1, 0.15) is 0 Å². The number of allylic oxidation sites excluding steroid dienone is 1. The van der Waals surface area contributed by atoms with E-state index < -0.39 is 12.0 Å². The molecule has 9 nitrogen and oxygen atoms in total. The Morgan fingerprint density at radius 1 is 1.19 bits per heavy atom. The summed E-state index contributed by atoms with van der Waals surface area (Å²) in [6.45, 7) is 5.98. The van der Waals surface area contributed by atoms with Crippen molar-refractivity contribution in [2.75, 3.05) is 20.0 Å². The van der Waals surface area contributed by atoms with Crippen LogP contribution in [0.3, 0.4) is 0 Å².